The van der Waals surface area contributed by atoms with Gasteiger partial charge in [0.2, 0.25) is 0 Å². The van der Waals surface area contributed by atoms with E-state index in [1.165, 1.54) is 32.1 Å². The van der Waals surface area contributed by atoms with E-state index in [1.54, 1.807) is 0 Å². The summed E-state index contributed by atoms with van der Waals surface area (Å²) in [7, 11) is 0. The topological polar surface area (TPSA) is 21.3 Å². The maximum Gasteiger partial charge on any atom is 0.0637 e. The van der Waals surface area contributed by atoms with Crippen LogP contribution in [0.25, 0.3) is 0 Å². The normalized spacial score (nSPS) is 16.7. The fraction of sp³-hybridized carbons (Fsp3) is 0.600. The lowest BCUT2D eigenvalue weighted by atomic mass is 9.94. The molecule has 0 saturated carbocycles. The Morgan fingerprint density at radius 2 is 1.94 bits per heavy atom. The van der Waals surface area contributed by atoms with Crippen molar-refractivity contribution in [3.05, 3.63) is 29.3 Å². The van der Waals surface area contributed by atoms with Crippen molar-refractivity contribution in [3.8, 4) is 0 Å². The van der Waals surface area contributed by atoms with E-state index >= 15 is 0 Å². The van der Waals surface area contributed by atoms with E-state index in [4.69, 9.17) is 16.3 Å². The molecule has 1 aliphatic rings. The monoisotopic (exact) mass is 267 g/mol. The molecule has 0 radical (unpaired) electrons. The summed E-state index contributed by atoms with van der Waals surface area (Å²) in [4.78, 5) is 0. The minimum atomic E-state index is 0.807. The maximum atomic E-state index is 6.08. The number of hydrogen-bond acceptors (Lipinski definition) is 2. The largest absolute Gasteiger partial charge is 0.384 e. The van der Waals surface area contributed by atoms with Gasteiger partial charge in [0.1, 0.15) is 0 Å². The van der Waals surface area contributed by atoms with Crippen molar-refractivity contribution in [2.75, 3.05) is 25.1 Å². The summed E-state index contributed by atoms with van der Waals surface area (Å²) in [5, 5.41) is 4.20. The van der Waals surface area contributed by atoms with Gasteiger partial charge in [-0.15, -0.1) is 0 Å². The molecule has 1 saturated heterocycles. The first kappa shape index (κ1) is 13.7. The van der Waals surface area contributed by atoms with Gasteiger partial charge >= 0.3 is 0 Å². The number of benzene rings is 1. The van der Waals surface area contributed by atoms with E-state index < -0.39 is 0 Å². The molecular weight excluding hydrogens is 246 g/mol. The molecule has 1 aromatic rings. The lowest BCUT2D eigenvalue weighted by Crippen LogP contribution is -2.15. The van der Waals surface area contributed by atoms with E-state index in [1.807, 2.05) is 24.3 Å². The van der Waals surface area contributed by atoms with Gasteiger partial charge in [-0.2, -0.15) is 0 Å². The van der Waals surface area contributed by atoms with Gasteiger partial charge in [-0.3, -0.25) is 0 Å². The third-order valence-electron chi connectivity index (χ3n) is 3.57. The lowest BCUT2D eigenvalue weighted by Gasteiger charge is -2.21. The van der Waals surface area contributed by atoms with Crippen molar-refractivity contribution < 1.29 is 4.74 Å². The molecule has 1 N–H and O–H groups in total. The fourth-order valence-corrected chi connectivity index (χ4v) is 2.62. The van der Waals surface area contributed by atoms with Crippen LogP contribution < -0.4 is 5.32 Å². The highest BCUT2D eigenvalue weighted by atomic mass is 35.5. The van der Waals surface area contributed by atoms with Gasteiger partial charge in [-0.1, -0.05) is 36.6 Å². The minimum absolute atomic E-state index is 0.807. The molecule has 0 atom stereocenters. The Hall–Kier alpha value is -0.730. The van der Waals surface area contributed by atoms with Crippen molar-refractivity contribution in [1.29, 1.82) is 0 Å². The van der Waals surface area contributed by atoms with E-state index in [2.05, 4.69) is 5.32 Å². The van der Waals surface area contributed by atoms with Crippen LogP contribution in [-0.2, 0) is 4.74 Å². The van der Waals surface area contributed by atoms with Crippen LogP contribution in [-0.4, -0.2) is 19.8 Å². The third-order valence-corrected chi connectivity index (χ3v) is 3.90. The molecule has 0 amide bonds. The summed E-state index contributed by atoms with van der Waals surface area (Å²) in [6.45, 7) is 2.93. The second-order valence-electron chi connectivity index (χ2n) is 4.96. The average molecular weight is 268 g/mol. The Bertz CT molecular complexity index is 350. The van der Waals surface area contributed by atoms with Gasteiger partial charge in [-0.05, 0) is 37.3 Å². The predicted octanol–water partition coefficient (Wildman–Crippen LogP) is 4.35. The molecule has 2 rings (SSSR count). The van der Waals surface area contributed by atoms with E-state index in [9.17, 15) is 0 Å². The van der Waals surface area contributed by atoms with Crippen LogP contribution in [0.1, 0.15) is 32.1 Å². The Labute approximate surface area is 115 Å². The van der Waals surface area contributed by atoms with Gasteiger partial charge in [0, 0.05) is 19.8 Å². The zero-order valence-corrected chi connectivity index (χ0v) is 11.6. The first-order valence-electron chi connectivity index (χ1n) is 6.92. The second-order valence-corrected chi connectivity index (χ2v) is 5.37. The molecule has 0 aliphatic carbocycles. The summed E-state index contributed by atoms with van der Waals surface area (Å²) in [6, 6.07) is 7.92. The van der Waals surface area contributed by atoms with E-state index in [0.717, 1.165) is 36.4 Å². The van der Waals surface area contributed by atoms with Gasteiger partial charge < -0.3 is 10.1 Å². The number of hydrogen-bond donors (Lipinski definition) is 1. The SMILES string of the molecule is Clc1ccccc1NCCCCC1CCOCC1. The maximum absolute atomic E-state index is 6.08. The first-order valence-corrected chi connectivity index (χ1v) is 7.30. The Kier molecular flexibility index (Phi) is 5.82. The second kappa shape index (κ2) is 7.65. The molecule has 100 valence electrons. The van der Waals surface area contributed by atoms with Crippen LogP contribution in [0.4, 0.5) is 5.69 Å². The fourth-order valence-electron chi connectivity index (χ4n) is 2.42. The predicted molar refractivity (Wildman–Crippen MR) is 77.3 cm³/mol. The zero-order chi connectivity index (χ0) is 12.6. The van der Waals surface area contributed by atoms with Crippen LogP contribution in [0.2, 0.25) is 5.02 Å². The summed E-state index contributed by atoms with van der Waals surface area (Å²) >= 11 is 6.08. The van der Waals surface area contributed by atoms with Crippen LogP contribution in [0.5, 0.6) is 0 Å². The van der Waals surface area contributed by atoms with Gasteiger partial charge in [0.15, 0.2) is 0 Å². The number of para-hydroxylation sites is 1. The highest BCUT2D eigenvalue weighted by molar-refractivity contribution is 6.33. The van der Waals surface area contributed by atoms with Gasteiger partial charge in [0.05, 0.1) is 10.7 Å². The summed E-state index contributed by atoms with van der Waals surface area (Å²) in [5.74, 6) is 0.888. The minimum Gasteiger partial charge on any atom is -0.384 e. The smallest absolute Gasteiger partial charge is 0.0637 e. The number of ether oxygens (including phenoxy) is 1. The number of anilines is 1. The van der Waals surface area contributed by atoms with Crippen LogP contribution in [0.15, 0.2) is 24.3 Å². The first-order chi connectivity index (χ1) is 8.86. The lowest BCUT2D eigenvalue weighted by molar-refractivity contribution is 0.0632. The standard InChI is InChI=1S/C15H22ClNO/c16-14-6-1-2-7-15(14)17-10-4-3-5-13-8-11-18-12-9-13/h1-2,6-7,13,17H,3-5,8-12H2. The molecule has 0 bridgehead atoms. The zero-order valence-electron chi connectivity index (χ0n) is 10.8. The highest BCUT2D eigenvalue weighted by Gasteiger charge is 2.12. The molecule has 3 heteroatoms. The number of halogens is 1. The molecule has 0 aromatic heterocycles. The third kappa shape index (κ3) is 4.51. The summed E-state index contributed by atoms with van der Waals surface area (Å²) < 4.78 is 5.37. The van der Waals surface area contributed by atoms with E-state index in [0.29, 0.717) is 0 Å². The van der Waals surface area contributed by atoms with Crippen LogP contribution >= 0.6 is 11.6 Å². The Morgan fingerprint density at radius 3 is 2.72 bits per heavy atom. The van der Waals surface area contributed by atoms with E-state index in [-0.39, 0.29) is 0 Å². The Balaban J connectivity index is 1.57. The van der Waals surface area contributed by atoms with Crippen molar-refractivity contribution >= 4 is 17.3 Å². The molecule has 1 aromatic carbocycles. The molecule has 1 aliphatic heterocycles. The molecule has 2 nitrogen and oxygen atoms in total. The van der Waals surface area contributed by atoms with Crippen molar-refractivity contribution in [2.45, 2.75) is 32.1 Å². The molecular formula is C15H22ClNO. The van der Waals surface area contributed by atoms with Crippen molar-refractivity contribution in [3.63, 3.8) is 0 Å². The van der Waals surface area contributed by atoms with Gasteiger partial charge in [-0.25, -0.2) is 0 Å². The Morgan fingerprint density at radius 1 is 1.17 bits per heavy atom. The quantitative estimate of drug-likeness (QED) is 0.774. The molecule has 1 heterocycles. The van der Waals surface area contributed by atoms with Gasteiger partial charge in [0.25, 0.3) is 0 Å². The number of unbranched alkanes of at least 4 members (excludes halogenated alkanes) is 1. The van der Waals surface area contributed by atoms with Crippen LogP contribution in [0.3, 0.4) is 0 Å². The molecule has 0 unspecified atom stereocenters. The molecule has 18 heavy (non-hydrogen) atoms. The molecule has 0 spiro atoms. The molecule has 1 fully saturated rings. The highest BCUT2D eigenvalue weighted by Crippen LogP contribution is 2.22. The number of rotatable bonds is 6. The average Bonchev–Trinajstić information content (AvgIpc) is 2.42. The van der Waals surface area contributed by atoms with Crippen LogP contribution in [0, 0.1) is 5.92 Å². The summed E-state index contributed by atoms with van der Waals surface area (Å²) in [6.07, 6.45) is 6.34. The van der Waals surface area contributed by atoms with Crippen molar-refractivity contribution in [1.82, 2.24) is 0 Å². The number of nitrogens with one attached hydrogen (secondary N) is 1. The van der Waals surface area contributed by atoms with Crippen molar-refractivity contribution in [2.24, 2.45) is 5.92 Å². The summed E-state index contributed by atoms with van der Waals surface area (Å²) in [5.41, 5.74) is 1.05.